The van der Waals surface area contributed by atoms with E-state index in [-0.39, 0.29) is 18.2 Å². The molecule has 0 saturated carbocycles. The molecule has 1 aliphatic rings. The third-order valence-electron chi connectivity index (χ3n) is 3.54. The lowest BCUT2D eigenvalue weighted by atomic mass is 10.1. The zero-order valence-corrected chi connectivity index (χ0v) is 12.9. The Morgan fingerprint density at radius 2 is 1.85 bits per heavy atom. The maximum Gasteiger partial charge on any atom is 0.410 e. The standard InChI is InChI=1S/C15H25NO4/c1-6-15(4,5)20-14(18)16-9-7-12(8-10-16)19-13(17)11(2)3/h12H,2,6-10H2,1,3-5H3. The third-order valence-corrected chi connectivity index (χ3v) is 3.54. The molecule has 1 saturated heterocycles. The van der Waals surface area contributed by atoms with Crippen molar-refractivity contribution >= 4 is 12.1 Å². The number of piperidine rings is 1. The summed E-state index contributed by atoms with van der Waals surface area (Å²) < 4.78 is 10.7. The lowest BCUT2D eigenvalue weighted by Gasteiger charge is -2.33. The van der Waals surface area contributed by atoms with Crippen LogP contribution in [0.3, 0.4) is 0 Å². The molecule has 1 aliphatic heterocycles. The molecule has 1 heterocycles. The number of hydrogen-bond acceptors (Lipinski definition) is 4. The van der Waals surface area contributed by atoms with Crippen molar-refractivity contribution in [3.63, 3.8) is 0 Å². The summed E-state index contributed by atoms with van der Waals surface area (Å²) in [6.07, 6.45) is 1.62. The lowest BCUT2D eigenvalue weighted by Crippen LogP contribution is -2.44. The average Bonchev–Trinajstić information content (AvgIpc) is 2.38. The van der Waals surface area contributed by atoms with Gasteiger partial charge in [0, 0.05) is 31.5 Å². The zero-order chi connectivity index (χ0) is 15.3. The van der Waals surface area contributed by atoms with E-state index >= 15 is 0 Å². The number of likely N-dealkylation sites (tertiary alicyclic amines) is 1. The van der Waals surface area contributed by atoms with E-state index in [1.807, 2.05) is 20.8 Å². The zero-order valence-electron chi connectivity index (χ0n) is 12.9. The van der Waals surface area contributed by atoms with Crippen LogP contribution in [0.5, 0.6) is 0 Å². The first-order valence-electron chi connectivity index (χ1n) is 7.09. The SMILES string of the molecule is C=C(C)C(=O)OC1CCN(C(=O)OC(C)(C)CC)CC1. The number of hydrogen-bond donors (Lipinski definition) is 0. The smallest absolute Gasteiger partial charge is 0.410 e. The molecule has 0 atom stereocenters. The Morgan fingerprint density at radius 3 is 2.30 bits per heavy atom. The van der Waals surface area contributed by atoms with Gasteiger partial charge in [-0.05, 0) is 27.2 Å². The molecule has 0 spiro atoms. The highest BCUT2D eigenvalue weighted by Crippen LogP contribution is 2.19. The van der Waals surface area contributed by atoms with E-state index < -0.39 is 5.60 Å². The Kier molecular flexibility index (Phi) is 5.60. The van der Waals surface area contributed by atoms with Crippen molar-refractivity contribution in [1.82, 2.24) is 4.90 Å². The van der Waals surface area contributed by atoms with Gasteiger partial charge in [-0.25, -0.2) is 9.59 Å². The van der Waals surface area contributed by atoms with Crippen molar-refractivity contribution in [3.8, 4) is 0 Å². The van der Waals surface area contributed by atoms with Gasteiger partial charge in [0.05, 0.1) is 0 Å². The number of esters is 1. The van der Waals surface area contributed by atoms with Gasteiger partial charge in [0.1, 0.15) is 11.7 Å². The molecule has 0 aliphatic carbocycles. The first-order chi connectivity index (χ1) is 9.25. The molecule has 114 valence electrons. The predicted molar refractivity (Wildman–Crippen MR) is 76.4 cm³/mol. The van der Waals surface area contributed by atoms with E-state index in [2.05, 4.69) is 6.58 Å². The van der Waals surface area contributed by atoms with Crippen LogP contribution < -0.4 is 0 Å². The Morgan fingerprint density at radius 1 is 1.30 bits per heavy atom. The van der Waals surface area contributed by atoms with Crippen LogP contribution in [0, 0.1) is 0 Å². The second-order valence-electron chi connectivity index (χ2n) is 5.85. The summed E-state index contributed by atoms with van der Waals surface area (Å²) in [6.45, 7) is 12.1. The Bertz CT molecular complexity index is 381. The van der Waals surface area contributed by atoms with Gasteiger partial charge in [0.2, 0.25) is 0 Å². The topological polar surface area (TPSA) is 55.8 Å². The first kappa shape index (κ1) is 16.5. The second-order valence-corrected chi connectivity index (χ2v) is 5.85. The van der Waals surface area contributed by atoms with Crippen LogP contribution in [0.1, 0.15) is 47.0 Å². The fourth-order valence-corrected chi connectivity index (χ4v) is 1.78. The van der Waals surface area contributed by atoms with Crippen LogP contribution in [0.15, 0.2) is 12.2 Å². The van der Waals surface area contributed by atoms with Gasteiger partial charge in [0.25, 0.3) is 0 Å². The molecule has 0 N–H and O–H groups in total. The van der Waals surface area contributed by atoms with E-state index in [4.69, 9.17) is 9.47 Å². The van der Waals surface area contributed by atoms with Crippen LogP contribution in [-0.2, 0) is 14.3 Å². The molecule has 1 fully saturated rings. The molecule has 0 radical (unpaired) electrons. The van der Waals surface area contributed by atoms with Crippen molar-refractivity contribution in [2.75, 3.05) is 13.1 Å². The summed E-state index contributed by atoms with van der Waals surface area (Å²) in [6, 6.07) is 0. The van der Waals surface area contributed by atoms with Crippen molar-refractivity contribution < 1.29 is 19.1 Å². The molecular formula is C15H25NO4. The molecule has 5 nitrogen and oxygen atoms in total. The minimum atomic E-state index is -0.444. The number of rotatable bonds is 4. The number of ether oxygens (including phenoxy) is 2. The summed E-state index contributed by atoms with van der Waals surface area (Å²) in [5.41, 5.74) is -0.0445. The van der Waals surface area contributed by atoms with Crippen molar-refractivity contribution in [3.05, 3.63) is 12.2 Å². The fourth-order valence-electron chi connectivity index (χ4n) is 1.78. The van der Waals surface area contributed by atoms with E-state index in [1.54, 1.807) is 11.8 Å². The second kappa shape index (κ2) is 6.77. The van der Waals surface area contributed by atoms with E-state index in [9.17, 15) is 9.59 Å². The third kappa shape index (κ3) is 4.87. The van der Waals surface area contributed by atoms with Crippen LogP contribution in [-0.4, -0.2) is 41.8 Å². The minimum absolute atomic E-state index is 0.137. The predicted octanol–water partition coefficient (Wildman–Crippen LogP) is 2.90. The Hall–Kier alpha value is -1.52. The van der Waals surface area contributed by atoms with Crippen LogP contribution in [0.2, 0.25) is 0 Å². The van der Waals surface area contributed by atoms with E-state index in [0.717, 1.165) is 6.42 Å². The number of carbonyl (C=O) groups excluding carboxylic acids is 2. The van der Waals surface area contributed by atoms with Gasteiger partial charge in [-0.1, -0.05) is 13.5 Å². The lowest BCUT2D eigenvalue weighted by molar-refractivity contribution is -0.146. The highest BCUT2D eigenvalue weighted by molar-refractivity contribution is 5.87. The fraction of sp³-hybridized carbons (Fsp3) is 0.733. The summed E-state index contributed by atoms with van der Waals surface area (Å²) in [7, 11) is 0. The van der Waals surface area contributed by atoms with Gasteiger partial charge >= 0.3 is 12.1 Å². The molecule has 0 bridgehead atoms. The number of carbonyl (C=O) groups is 2. The normalized spacial score (nSPS) is 16.7. The van der Waals surface area contributed by atoms with Gasteiger partial charge in [-0.15, -0.1) is 0 Å². The molecule has 0 aromatic carbocycles. The molecule has 1 amide bonds. The first-order valence-corrected chi connectivity index (χ1v) is 7.09. The van der Waals surface area contributed by atoms with Crippen molar-refractivity contribution in [2.45, 2.75) is 58.7 Å². The van der Waals surface area contributed by atoms with E-state index in [1.165, 1.54) is 0 Å². The van der Waals surface area contributed by atoms with Gasteiger partial charge in [-0.3, -0.25) is 0 Å². The molecule has 0 aromatic rings. The summed E-state index contributed by atoms with van der Waals surface area (Å²) >= 11 is 0. The van der Waals surface area contributed by atoms with Crippen molar-refractivity contribution in [2.24, 2.45) is 0 Å². The number of nitrogens with zero attached hydrogens (tertiary/aromatic N) is 1. The van der Waals surface area contributed by atoms with Gasteiger partial charge in [-0.2, -0.15) is 0 Å². The summed E-state index contributed by atoms with van der Waals surface area (Å²) in [5.74, 6) is -0.363. The summed E-state index contributed by atoms with van der Waals surface area (Å²) in [5, 5.41) is 0. The minimum Gasteiger partial charge on any atom is -0.459 e. The Balaban J connectivity index is 2.40. The number of amides is 1. The quantitative estimate of drug-likeness (QED) is 0.588. The van der Waals surface area contributed by atoms with Gasteiger partial charge in [0.15, 0.2) is 0 Å². The van der Waals surface area contributed by atoms with E-state index in [0.29, 0.717) is 31.5 Å². The molecule has 5 heteroatoms. The highest BCUT2D eigenvalue weighted by atomic mass is 16.6. The molecule has 0 unspecified atom stereocenters. The van der Waals surface area contributed by atoms with Crippen molar-refractivity contribution in [1.29, 1.82) is 0 Å². The molecule has 20 heavy (non-hydrogen) atoms. The highest BCUT2D eigenvalue weighted by Gasteiger charge is 2.29. The average molecular weight is 283 g/mol. The Labute approximate surface area is 120 Å². The summed E-state index contributed by atoms with van der Waals surface area (Å²) in [4.78, 5) is 25.1. The molecule has 0 aromatic heterocycles. The largest absolute Gasteiger partial charge is 0.459 e. The monoisotopic (exact) mass is 283 g/mol. The molecule has 1 rings (SSSR count). The molecular weight excluding hydrogens is 258 g/mol. The van der Waals surface area contributed by atoms with Crippen LogP contribution in [0.25, 0.3) is 0 Å². The van der Waals surface area contributed by atoms with Gasteiger partial charge < -0.3 is 14.4 Å². The maximum atomic E-state index is 12.0. The van der Waals surface area contributed by atoms with Crippen LogP contribution in [0.4, 0.5) is 4.79 Å². The van der Waals surface area contributed by atoms with Crippen LogP contribution >= 0.6 is 0 Å². The maximum absolute atomic E-state index is 12.0.